The van der Waals surface area contributed by atoms with E-state index < -0.39 is 0 Å². The Kier molecular flexibility index (Phi) is 5.83. The smallest absolute Gasteiger partial charge is 0.129 e. The molecule has 1 aromatic carbocycles. The number of aromatic nitrogens is 1. The van der Waals surface area contributed by atoms with Crippen LogP contribution in [0.1, 0.15) is 43.9 Å². The minimum atomic E-state index is -0.256. The van der Waals surface area contributed by atoms with Gasteiger partial charge in [0.1, 0.15) is 5.82 Å². The molecule has 1 aromatic heterocycles. The number of rotatable bonds is 7. The molecule has 1 unspecified atom stereocenters. The summed E-state index contributed by atoms with van der Waals surface area (Å²) in [6, 6.07) is 7.24. The monoisotopic (exact) mass is 308 g/mol. The van der Waals surface area contributed by atoms with Crippen LogP contribution in [0, 0.1) is 5.82 Å². The molecule has 2 rings (SSSR count). The summed E-state index contributed by atoms with van der Waals surface area (Å²) in [5, 5.41) is 4.00. The SMILES string of the molecule is CCCNC(CC)c1ccn(Cc2c(F)cccc2Cl)c1. The molecule has 0 aliphatic rings. The first-order valence-corrected chi connectivity index (χ1v) is 7.85. The molecule has 0 fully saturated rings. The lowest BCUT2D eigenvalue weighted by molar-refractivity contribution is 0.517. The largest absolute Gasteiger partial charge is 0.349 e. The quantitative estimate of drug-likeness (QED) is 0.779. The molecular formula is C17H22ClFN2. The maximum atomic E-state index is 13.8. The van der Waals surface area contributed by atoms with Crippen LogP contribution in [0.3, 0.4) is 0 Å². The summed E-state index contributed by atoms with van der Waals surface area (Å²) in [7, 11) is 0. The average Bonchev–Trinajstić information content (AvgIpc) is 2.92. The number of nitrogens with one attached hydrogen (secondary N) is 1. The molecule has 21 heavy (non-hydrogen) atoms. The summed E-state index contributed by atoms with van der Waals surface area (Å²) >= 11 is 6.08. The third-order valence-corrected chi connectivity index (χ3v) is 3.98. The molecule has 0 saturated heterocycles. The van der Waals surface area contributed by atoms with Gasteiger partial charge in [-0.05, 0) is 43.1 Å². The van der Waals surface area contributed by atoms with Crippen molar-refractivity contribution in [3.8, 4) is 0 Å². The second-order valence-electron chi connectivity index (χ2n) is 5.23. The zero-order valence-corrected chi connectivity index (χ0v) is 13.3. The fraction of sp³-hybridized carbons (Fsp3) is 0.412. The van der Waals surface area contributed by atoms with Gasteiger partial charge in [0, 0.05) is 29.0 Å². The summed E-state index contributed by atoms with van der Waals surface area (Å²) in [5.74, 6) is -0.256. The van der Waals surface area contributed by atoms with Gasteiger partial charge in [-0.2, -0.15) is 0 Å². The lowest BCUT2D eigenvalue weighted by Crippen LogP contribution is -2.21. The topological polar surface area (TPSA) is 17.0 Å². The van der Waals surface area contributed by atoms with Crippen LogP contribution in [-0.2, 0) is 6.54 Å². The van der Waals surface area contributed by atoms with E-state index in [-0.39, 0.29) is 5.82 Å². The van der Waals surface area contributed by atoms with Crippen molar-refractivity contribution in [1.29, 1.82) is 0 Å². The Labute approximate surface area is 130 Å². The highest BCUT2D eigenvalue weighted by atomic mass is 35.5. The van der Waals surface area contributed by atoms with E-state index in [2.05, 4.69) is 31.4 Å². The van der Waals surface area contributed by atoms with E-state index in [0.717, 1.165) is 19.4 Å². The Hall–Kier alpha value is -1.32. The minimum absolute atomic E-state index is 0.256. The zero-order chi connectivity index (χ0) is 15.2. The third-order valence-electron chi connectivity index (χ3n) is 3.63. The lowest BCUT2D eigenvalue weighted by Gasteiger charge is -2.15. The van der Waals surface area contributed by atoms with Crippen LogP contribution in [-0.4, -0.2) is 11.1 Å². The predicted octanol–water partition coefficient (Wildman–Crippen LogP) is 4.78. The maximum absolute atomic E-state index is 13.8. The van der Waals surface area contributed by atoms with Gasteiger partial charge in [0.2, 0.25) is 0 Å². The van der Waals surface area contributed by atoms with Crippen LogP contribution in [0.15, 0.2) is 36.7 Å². The molecule has 0 aliphatic heterocycles. The molecule has 4 heteroatoms. The van der Waals surface area contributed by atoms with Crippen molar-refractivity contribution >= 4 is 11.6 Å². The van der Waals surface area contributed by atoms with Gasteiger partial charge in [-0.3, -0.25) is 0 Å². The van der Waals surface area contributed by atoms with Crippen molar-refractivity contribution in [2.45, 2.75) is 39.3 Å². The molecule has 2 aromatic rings. The first kappa shape index (κ1) is 16.1. The van der Waals surface area contributed by atoms with Gasteiger partial charge >= 0.3 is 0 Å². The summed E-state index contributed by atoms with van der Waals surface area (Å²) in [6.45, 7) is 5.78. The van der Waals surface area contributed by atoms with Crippen LogP contribution in [0.5, 0.6) is 0 Å². The minimum Gasteiger partial charge on any atom is -0.349 e. The summed E-state index contributed by atoms with van der Waals surface area (Å²) in [5.41, 5.74) is 1.77. The van der Waals surface area contributed by atoms with E-state index in [1.165, 1.54) is 11.6 Å². The van der Waals surface area contributed by atoms with Gasteiger partial charge in [-0.1, -0.05) is 31.5 Å². The normalized spacial score (nSPS) is 12.6. The first-order chi connectivity index (χ1) is 10.2. The number of hydrogen-bond donors (Lipinski definition) is 1. The molecule has 0 saturated carbocycles. The number of nitrogens with zero attached hydrogens (tertiary/aromatic N) is 1. The first-order valence-electron chi connectivity index (χ1n) is 7.47. The standard InChI is InChI=1S/C17H22ClFN2/c1-3-9-20-17(4-2)13-8-10-21(11-13)12-14-15(18)6-5-7-16(14)19/h5-8,10-11,17,20H,3-4,9,12H2,1-2H3. The summed E-state index contributed by atoms with van der Waals surface area (Å²) < 4.78 is 15.8. The van der Waals surface area contributed by atoms with Gasteiger partial charge in [0.15, 0.2) is 0 Å². The van der Waals surface area contributed by atoms with Gasteiger partial charge in [0.05, 0.1) is 6.54 Å². The van der Waals surface area contributed by atoms with Gasteiger partial charge in [-0.15, -0.1) is 0 Å². The average molecular weight is 309 g/mol. The molecular weight excluding hydrogens is 287 g/mol. The molecule has 0 radical (unpaired) electrons. The van der Waals surface area contributed by atoms with Crippen LogP contribution in [0.2, 0.25) is 5.02 Å². The number of hydrogen-bond acceptors (Lipinski definition) is 1. The van der Waals surface area contributed by atoms with Crippen LogP contribution in [0.25, 0.3) is 0 Å². The van der Waals surface area contributed by atoms with E-state index in [4.69, 9.17) is 11.6 Å². The molecule has 1 N–H and O–H groups in total. The van der Waals surface area contributed by atoms with Crippen molar-refractivity contribution in [2.24, 2.45) is 0 Å². The summed E-state index contributed by atoms with van der Waals surface area (Å²) in [6.07, 6.45) is 6.19. The highest BCUT2D eigenvalue weighted by Crippen LogP contribution is 2.22. The van der Waals surface area contributed by atoms with Crippen LogP contribution < -0.4 is 5.32 Å². The van der Waals surface area contributed by atoms with Crippen molar-refractivity contribution < 1.29 is 4.39 Å². The second kappa shape index (κ2) is 7.62. The lowest BCUT2D eigenvalue weighted by atomic mass is 10.1. The van der Waals surface area contributed by atoms with Crippen molar-refractivity contribution in [3.05, 3.63) is 58.6 Å². The number of benzene rings is 1. The number of halogens is 2. The second-order valence-corrected chi connectivity index (χ2v) is 5.64. The third kappa shape index (κ3) is 4.08. The van der Waals surface area contributed by atoms with Gasteiger partial charge in [0.25, 0.3) is 0 Å². The van der Waals surface area contributed by atoms with E-state index in [0.29, 0.717) is 23.2 Å². The predicted molar refractivity (Wildman–Crippen MR) is 86.3 cm³/mol. The Morgan fingerprint density at radius 1 is 1.29 bits per heavy atom. The molecule has 114 valence electrons. The molecule has 2 nitrogen and oxygen atoms in total. The van der Waals surface area contributed by atoms with E-state index in [9.17, 15) is 4.39 Å². The Morgan fingerprint density at radius 2 is 2.10 bits per heavy atom. The van der Waals surface area contributed by atoms with Crippen molar-refractivity contribution in [2.75, 3.05) is 6.54 Å². The molecule has 0 amide bonds. The zero-order valence-electron chi connectivity index (χ0n) is 12.6. The highest BCUT2D eigenvalue weighted by molar-refractivity contribution is 6.31. The van der Waals surface area contributed by atoms with Crippen molar-refractivity contribution in [3.63, 3.8) is 0 Å². The Bertz CT molecular complexity index is 560. The van der Waals surface area contributed by atoms with Crippen LogP contribution in [0.4, 0.5) is 4.39 Å². The van der Waals surface area contributed by atoms with E-state index in [1.54, 1.807) is 12.1 Å². The molecule has 0 spiro atoms. The summed E-state index contributed by atoms with van der Waals surface area (Å²) in [4.78, 5) is 0. The molecule has 1 atom stereocenters. The Balaban J connectivity index is 2.12. The van der Waals surface area contributed by atoms with Crippen LogP contribution >= 0.6 is 11.6 Å². The molecule has 0 bridgehead atoms. The molecule has 1 heterocycles. The highest BCUT2D eigenvalue weighted by Gasteiger charge is 2.11. The van der Waals surface area contributed by atoms with E-state index >= 15 is 0 Å². The van der Waals surface area contributed by atoms with Crippen molar-refractivity contribution in [1.82, 2.24) is 9.88 Å². The maximum Gasteiger partial charge on any atom is 0.129 e. The molecule has 0 aliphatic carbocycles. The fourth-order valence-electron chi connectivity index (χ4n) is 2.45. The Morgan fingerprint density at radius 3 is 2.76 bits per heavy atom. The van der Waals surface area contributed by atoms with Gasteiger partial charge < -0.3 is 9.88 Å². The van der Waals surface area contributed by atoms with Gasteiger partial charge in [-0.25, -0.2) is 4.39 Å². The van der Waals surface area contributed by atoms with E-state index in [1.807, 2.05) is 10.8 Å². The fourth-order valence-corrected chi connectivity index (χ4v) is 2.67.